The van der Waals surface area contributed by atoms with Crippen LogP contribution in [-0.4, -0.2) is 44.9 Å². The van der Waals surface area contributed by atoms with Crippen molar-refractivity contribution in [2.75, 3.05) is 20.2 Å². The summed E-state index contributed by atoms with van der Waals surface area (Å²) in [6.45, 7) is 2.71. The van der Waals surface area contributed by atoms with Crippen LogP contribution >= 0.6 is 11.6 Å². The number of piperidine rings is 1. The van der Waals surface area contributed by atoms with Gasteiger partial charge in [-0.1, -0.05) is 11.6 Å². The van der Waals surface area contributed by atoms with Crippen LogP contribution in [0.1, 0.15) is 30.1 Å². The molecule has 1 aromatic carbocycles. The van der Waals surface area contributed by atoms with E-state index in [0.29, 0.717) is 31.8 Å². The third kappa shape index (κ3) is 3.85. The number of halogens is 1. The molecule has 0 bridgehead atoms. The normalized spacial score (nSPS) is 18.6. The predicted molar refractivity (Wildman–Crippen MR) is 87.9 cm³/mol. The Hall–Kier alpha value is -1.15. The van der Waals surface area contributed by atoms with Crippen LogP contribution in [-0.2, 0) is 14.8 Å². The Morgan fingerprint density at radius 1 is 1.39 bits per heavy atom. The molecule has 1 heterocycles. The number of sulfonamides is 1. The number of benzene rings is 1. The number of ether oxygens (including phenoxy) is 1. The minimum atomic E-state index is -3.78. The van der Waals surface area contributed by atoms with Gasteiger partial charge < -0.3 is 10.5 Å². The Balaban J connectivity index is 2.32. The van der Waals surface area contributed by atoms with Crippen LogP contribution in [0.25, 0.3) is 0 Å². The highest BCUT2D eigenvalue weighted by molar-refractivity contribution is 7.89. The Morgan fingerprint density at radius 2 is 2.00 bits per heavy atom. The SMILES string of the molecule is COC(=O)c1cc(Cl)ccc1S(=O)(=O)N1CCC(C(C)N)CC1. The Morgan fingerprint density at radius 3 is 2.52 bits per heavy atom. The highest BCUT2D eigenvalue weighted by Crippen LogP contribution is 2.28. The standard InChI is InChI=1S/C15H21ClN2O4S/c1-10(17)11-5-7-18(8-6-11)23(20,21)14-4-3-12(16)9-13(14)15(19)22-2/h3-4,9-11H,5-8,17H2,1-2H3. The largest absolute Gasteiger partial charge is 0.465 e. The molecule has 1 aliphatic heterocycles. The van der Waals surface area contributed by atoms with Crippen molar-refractivity contribution in [3.8, 4) is 0 Å². The van der Waals surface area contributed by atoms with Crippen molar-refractivity contribution in [3.63, 3.8) is 0 Å². The number of carbonyl (C=O) groups excluding carboxylic acids is 1. The van der Waals surface area contributed by atoms with Gasteiger partial charge in [-0.3, -0.25) is 0 Å². The van der Waals surface area contributed by atoms with E-state index in [1.807, 2.05) is 6.92 Å². The summed E-state index contributed by atoms with van der Waals surface area (Å²) in [7, 11) is -2.58. The van der Waals surface area contributed by atoms with E-state index in [9.17, 15) is 13.2 Å². The molecule has 2 N–H and O–H groups in total. The molecule has 1 saturated heterocycles. The number of methoxy groups -OCH3 is 1. The van der Waals surface area contributed by atoms with Crippen molar-refractivity contribution < 1.29 is 17.9 Å². The summed E-state index contributed by atoms with van der Waals surface area (Å²) in [5.41, 5.74) is 5.84. The molecule has 1 unspecified atom stereocenters. The summed E-state index contributed by atoms with van der Waals surface area (Å²) >= 11 is 5.88. The van der Waals surface area contributed by atoms with E-state index in [4.69, 9.17) is 17.3 Å². The fourth-order valence-electron chi connectivity index (χ4n) is 2.78. The van der Waals surface area contributed by atoms with E-state index >= 15 is 0 Å². The number of nitrogens with zero attached hydrogens (tertiary/aromatic N) is 1. The first-order chi connectivity index (χ1) is 10.8. The molecule has 128 valence electrons. The fraction of sp³-hybridized carbons (Fsp3) is 0.533. The number of hydrogen-bond donors (Lipinski definition) is 1. The molecule has 23 heavy (non-hydrogen) atoms. The van der Waals surface area contributed by atoms with Gasteiger partial charge in [0, 0.05) is 24.2 Å². The maximum Gasteiger partial charge on any atom is 0.339 e. The van der Waals surface area contributed by atoms with E-state index in [2.05, 4.69) is 4.74 Å². The van der Waals surface area contributed by atoms with Crippen LogP contribution in [0.3, 0.4) is 0 Å². The third-order valence-electron chi connectivity index (χ3n) is 4.21. The van der Waals surface area contributed by atoms with E-state index in [0.717, 1.165) is 0 Å². The molecule has 2 rings (SSSR count). The monoisotopic (exact) mass is 360 g/mol. The highest BCUT2D eigenvalue weighted by Gasteiger charge is 2.33. The zero-order chi connectivity index (χ0) is 17.2. The van der Waals surface area contributed by atoms with Crippen LogP contribution in [0.5, 0.6) is 0 Å². The first kappa shape index (κ1) is 18.2. The Labute approximate surface area is 141 Å². The van der Waals surface area contributed by atoms with Gasteiger partial charge in [0.25, 0.3) is 0 Å². The summed E-state index contributed by atoms with van der Waals surface area (Å²) in [5.74, 6) is -0.414. The van der Waals surface area contributed by atoms with E-state index in [1.165, 1.54) is 29.6 Å². The molecule has 6 nitrogen and oxygen atoms in total. The van der Waals surface area contributed by atoms with Gasteiger partial charge in [-0.05, 0) is 43.9 Å². The topological polar surface area (TPSA) is 89.7 Å². The van der Waals surface area contributed by atoms with Gasteiger partial charge in [-0.25, -0.2) is 13.2 Å². The summed E-state index contributed by atoms with van der Waals surface area (Å²) < 4.78 is 31.8. The predicted octanol–water partition coefficient (Wildman–Crippen LogP) is 1.87. The lowest BCUT2D eigenvalue weighted by Crippen LogP contribution is -2.42. The van der Waals surface area contributed by atoms with Gasteiger partial charge in [-0.15, -0.1) is 0 Å². The minimum Gasteiger partial charge on any atom is -0.465 e. The average Bonchev–Trinajstić information content (AvgIpc) is 2.53. The lowest BCUT2D eigenvalue weighted by atomic mass is 9.92. The molecule has 0 aromatic heterocycles. The molecule has 0 amide bonds. The molecule has 0 saturated carbocycles. The van der Waals surface area contributed by atoms with Gasteiger partial charge in [0.2, 0.25) is 10.0 Å². The van der Waals surface area contributed by atoms with Crippen LogP contribution in [0.2, 0.25) is 5.02 Å². The van der Waals surface area contributed by atoms with Crippen molar-refractivity contribution in [1.29, 1.82) is 0 Å². The van der Waals surface area contributed by atoms with Gasteiger partial charge >= 0.3 is 5.97 Å². The maximum absolute atomic E-state index is 12.9. The minimum absolute atomic E-state index is 0.0426. The van der Waals surface area contributed by atoms with Crippen LogP contribution in [0.4, 0.5) is 0 Å². The number of esters is 1. The zero-order valence-corrected chi connectivity index (χ0v) is 14.7. The number of rotatable bonds is 4. The first-order valence-electron chi connectivity index (χ1n) is 7.41. The van der Waals surface area contributed by atoms with Crippen molar-refractivity contribution in [1.82, 2.24) is 4.31 Å². The fourth-order valence-corrected chi connectivity index (χ4v) is 4.58. The number of carbonyl (C=O) groups is 1. The van der Waals surface area contributed by atoms with E-state index < -0.39 is 16.0 Å². The van der Waals surface area contributed by atoms with Gasteiger partial charge in [-0.2, -0.15) is 4.31 Å². The molecular formula is C15H21ClN2O4S. The van der Waals surface area contributed by atoms with Crippen LogP contribution in [0.15, 0.2) is 23.1 Å². The summed E-state index contributed by atoms with van der Waals surface area (Å²) in [5, 5.41) is 0.278. The Bertz CT molecular complexity index is 683. The molecule has 0 spiro atoms. The maximum atomic E-state index is 12.9. The van der Waals surface area contributed by atoms with Gasteiger partial charge in [0.1, 0.15) is 0 Å². The van der Waals surface area contributed by atoms with Crippen molar-refractivity contribution in [2.24, 2.45) is 11.7 Å². The molecule has 1 aromatic rings. The molecule has 0 aliphatic carbocycles. The van der Waals surface area contributed by atoms with Gasteiger partial charge in [0.05, 0.1) is 17.6 Å². The van der Waals surface area contributed by atoms with Gasteiger partial charge in [0.15, 0.2) is 0 Å². The highest BCUT2D eigenvalue weighted by atomic mass is 35.5. The summed E-state index contributed by atoms with van der Waals surface area (Å²) in [4.78, 5) is 11.8. The van der Waals surface area contributed by atoms with Crippen LogP contribution < -0.4 is 5.73 Å². The second-order valence-corrected chi connectivity index (χ2v) is 8.08. The molecular weight excluding hydrogens is 340 g/mol. The van der Waals surface area contributed by atoms with Crippen molar-refractivity contribution in [2.45, 2.75) is 30.7 Å². The summed E-state index contributed by atoms with van der Waals surface area (Å²) in [6.07, 6.45) is 1.41. The molecule has 1 atom stereocenters. The first-order valence-corrected chi connectivity index (χ1v) is 9.22. The van der Waals surface area contributed by atoms with Crippen LogP contribution in [0, 0.1) is 5.92 Å². The van der Waals surface area contributed by atoms with Crippen molar-refractivity contribution in [3.05, 3.63) is 28.8 Å². The molecule has 1 fully saturated rings. The number of nitrogens with two attached hydrogens (primary N) is 1. The second-order valence-electron chi connectivity index (χ2n) is 5.73. The van der Waals surface area contributed by atoms with E-state index in [-0.39, 0.29) is 21.5 Å². The molecule has 0 radical (unpaired) electrons. The molecule has 1 aliphatic rings. The average molecular weight is 361 g/mol. The zero-order valence-electron chi connectivity index (χ0n) is 13.2. The quantitative estimate of drug-likeness (QED) is 0.828. The number of hydrogen-bond acceptors (Lipinski definition) is 5. The lowest BCUT2D eigenvalue weighted by Gasteiger charge is -2.33. The smallest absolute Gasteiger partial charge is 0.339 e. The third-order valence-corrected chi connectivity index (χ3v) is 6.40. The van der Waals surface area contributed by atoms with Crippen molar-refractivity contribution >= 4 is 27.6 Å². The summed E-state index contributed by atoms with van der Waals surface area (Å²) in [6, 6.07) is 4.16. The lowest BCUT2D eigenvalue weighted by molar-refractivity contribution is 0.0596. The van der Waals surface area contributed by atoms with E-state index in [1.54, 1.807) is 0 Å². The Kier molecular flexibility index (Phi) is 5.67. The molecule has 8 heteroatoms. The second kappa shape index (κ2) is 7.17.